The molecule has 4 nitrogen and oxygen atoms in total. The fourth-order valence-electron chi connectivity index (χ4n) is 1.64. The van der Waals surface area contributed by atoms with Crippen LogP contribution in [-0.4, -0.2) is 16.6 Å². The van der Waals surface area contributed by atoms with E-state index in [4.69, 9.17) is 5.26 Å². The summed E-state index contributed by atoms with van der Waals surface area (Å²) in [5.74, 6) is -0.346. The molecule has 0 fully saturated rings. The average molecular weight is 337 g/mol. The molecular formula is C15H10F3N3OS. The number of nitrogens with zero attached hydrogens (tertiary/aromatic N) is 2. The number of nitrogens with one attached hydrogen (secondary N) is 1. The fourth-order valence-corrected chi connectivity index (χ4v) is 2.28. The Balaban J connectivity index is 1.90. The number of hydrogen-bond acceptors (Lipinski definition) is 4. The standard InChI is InChI=1S/C15H10F3N3OS/c16-15(17,18)11-4-5-14(20-8-11)23-9-13(22)21-12-3-1-2-10(6-12)7-19/h1-6,8H,9H2,(H,21,22). The van der Waals surface area contributed by atoms with Crippen molar-refractivity contribution in [2.24, 2.45) is 0 Å². The summed E-state index contributed by atoms with van der Waals surface area (Å²) < 4.78 is 37.2. The molecule has 0 atom stereocenters. The Hall–Kier alpha value is -2.53. The lowest BCUT2D eigenvalue weighted by atomic mass is 10.2. The summed E-state index contributed by atoms with van der Waals surface area (Å²) in [4.78, 5) is 15.5. The maximum absolute atomic E-state index is 12.4. The van der Waals surface area contributed by atoms with Gasteiger partial charge in [0.15, 0.2) is 0 Å². The minimum Gasteiger partial charge on any atom is -0.325 e. The SMILES string of the molecule is N#Cc1cccc(NC(=O)CSc2ccc(C(F)(F)F)cn2)c1. The number of nitriles is 1. The smallest absolute Gasteiger partial charge is 0.325 e. The van der Waals surface area contributed by atoms with Crippen LogP contribution in [0.4, 0.5) is 18.9 Å². The number of hydrogen-bond donors (Lipinski definition) is 1. The van der Waals surface area contributed by atoms with E-state index in [2.05, 4.69) is 10.3 Å². The number of carbonyl (C=O) groups is 1. The minimum absolute atomic E-state index is 0.00482. The highest BCUT2D eigenvalue weighted by molar-refractivity contribution is 7.99. The molecular weight excluding hydrogens is 327 g/mol. The number of pyridine rings is 1. The highest BCUT2D eigenvalue weighted by atomic mass is 32.2. The minimum atomic E-state index is -4.43. The van der Waals surface area contributed by atoms with Gasteiger partial charge in [-0.05, 0) is 30.3 Å². The predicted molar refractivity (Wildman–Crippen MR) is 79.7 cm³/mol. The molecule has 0 bridgehead atoms. The van der Waals surface area contributed by atoms with E-state index < -0.39 is 11.7 Å². The summed E-state index contributed by atoms with van der Waals surface area (Å²) in [6.45, 7) is 0. The van der Waals surface area contributed by atoms with Crippen LogP contribution >= 0.6 is 11.8 Å². The third kappa shape index (κ3) is 5.00. The van der Waals surface area contributed by atoms with Gasteiger partial charge in [-0.1, -0.05) is 17.8 Å². The fraction of sp³-hybridized carbons (Fsp3) is 0.133. The largest absolute Gasteiger partial charge is 0.417 e. The van der Waals surface area contributed by atoms with Crippen molar-refractivity contribution >= 4 is 23.4 Å². The molecule has 1 amide bonds. The first-order valence-corrected chi connectivity index (χ1v) is 7.33. The first-order chi connectivity index (χ1) is 10.9. The molecule has 0 aliphatic heterocycles. The van der Waals surface area contributed by atoms with Crippen molar-refractivity contribution in [2.45, 2.75) is 11.2 Å². The Kier molecular flexibility index (Phi) is 5.24. The van der Waals surface area contributed by atoms with E-state index in [9.17, 15) is 18.0 Å². The number of benzene rings is 1. The van der Waals surface area contributed by atoms with E-state index in [0.29, 0.717) is 16.3 Å². The third-order valence-electron chi connectivity index (χ3n) is 2.69. The lowest BCUT2D eigenvalue weighted by molar-refractivity contribution is -0.137. The van der Waals surface area contributed by atoms with Gasteiger partial charge in [0.25, 0.3) is 0 Å². The first-order valence-electron chi connectivity index (χ1n) is 6.34. The van der Waals surface area contributed by atoms with Crippen molar-refractivity contribution in [3.63, 3.8) is 0 Å². The molecule has 118 valence electrons. The Bertz CT molecular complexity index is 739. The van der Waals surface area contributed by atoms with Crippen LogP contribution in [0, 0.1) is 11.3 Å². The Morgan fingerprint density at radius 2 is 2.09 bits per heavy atom. The van der Waals surface area contributed by atoms with Crippen LogP contribution in [0.15, 0.2) is 47.6 Å². The Labute approximate surface area is 134 Å². The van der Waals surface area contributed by atoms with Crippen LogP contribution in [0.25, 0.3) is 0 Å². The molecule has 0 saturated carbocycles. The lowest BCUT2D eigenvalue weighted by Crippen LogP contribution is -2.14. The highest BCUT2D eigenvalue weighted by Gasteiger charge is 2.30. The summed E-state index contributed by atoms with van der Waals surface area (Å²) in [5.41, 5.74) is 0.0644. The number of rotatable bonds is 4. The molecule has 0 unspecified atom stereocenters. The number of alkyl halides is 3. The first kappa shape index (κ1) is 16.8. The number of aromatic nitrogens is 1. The van der Waals surface area contributed by atoms with Gasteiger partial charge in [-0.25, -0.2) is 4.98 Å². The predicted octanol–water partition coefficient (Wildman–Crippen LogP) is 3.70. The molecule has 8 heteroatoms. The van der Waals surface area contributed by atoms with Crippen LogP contribution in [-0.2, 0) is 11.0 Å². The highest BCUT2D eigenvalue weighted by Crippen LogP contribution is 2.29. The number of anilines is 1. The molecule has 0 spiro atoms. The summed E-state index contributed by atoms with van der Waals surface area (Å²) in [6, 6.07) is 10.5. The van der Waals surface area contributed by atoms with Gasteiger partial charge in [-0.2, -0.15) is 18.4 Å². The topological polar surface area (TPSA) is 65.8 Å². The molecule has 0 aliphatic carbocycles. The van der Waals surface area contributed by atoms with E-state index >= 15 is 0 Å². The number of carbonyl (C=O) groups excluding carboxylic acids is 1. The molecule has 1 aromatic carbocycles. The van der Waals surface area contributed by atoms with Gasteiger partial charge < -0.3 is 5.32 Å². The molecule has 1 aromatic heterocycles. The van der Waals surface area contributed by atoms with Crippen molar-refractivity contribution in [1.29, 1.82) is 5.26 Å². The summed E-state index contributed by atoms with van der Waals surface area (Å²) in [6.07, 6.45) is -3.70. The number of halogens is 3. The van der Waals surface area contributed by atoms with Crippen LogP contribution in [0.5, 0.6) is 0 Å². The normalized spacial score (nSPS) is 10.9. The van der Waals surface area contributed by atoms with Gasteiger partial charge in [0.1, 0.15) is 0 Å². The van der Waals surface area contributed by atoms with E-state index in [-0.39, 0.29) is 11.7 Å². The van der Waals surface area contributed by atoms with Crippen LogP contribution in [0.3, 0.4) is 0 Å². The molecule has 2 rings (SSSR count). The van der Waals surface area contributed by atoms with Crippen molar-refractivity contribution in [2.75, 3.05) is 11.1 Å². The van der Waals surface area contributed by atoms with E-state index in [1.54, 1.807) is 18.2 Å². The molecule has 2 aromatic rings. The second-order valence-electron chi connectivity index (χ2n) is 4.41. The summed E-state index contributed by atoms with van der Waals surface area (Å²) >= 11 is 1.02. The molecule has 1 heterocycles. The Morgan fingerprint density at radius 3 is 2.70 bits per heavy atom. The maximum Gasteiger partial charge on any atom is 0.417 e. The van der Waals surface area contributed by atoms with Gasteiger partial charge in [-0.3, -0.25) is 4.79 Å². The summed E-state index contributed by atoms with van der Waals surface area (Å²) in [5, 5.41) is 11.7. The van der Waals surface area contributed by atoms with E-state index in [0.717, 1.165) is 24.0 Å². The molecule has 1 N–H and O–H groups in total. The van der Waals surface area contributed by atoms with Gasteiger partial charge in [-0.15, -0.1) is 0 Å². The van der Waals surface area contributed by atoms with E-state index in [1.807, 2.05) is 6.07 Å². The monoisotopic (exact) mass is 337 g/mol. The van der Waals surface area contributed by atoms with Crippen molar-refractivity contribution < 1.29 is 18.0 Å². The third-order valence-corrected chi connectivity index (χ3v) is 3.63. The van der Waals surface area contributed by atoms with Crippen LogP contribution in [0.2, 0.25) is 0 Å². The zero-order valence-corrected chi connectivity index (χ0v) is 12.4. The zero-order valence-electron chi connectivity index (χ0n) is 11.6. The summed E-state index contributed by atoms with van der Waals surface area (Å²) in [7, 11) is 0. The zero-order chi connectivity index (χ0) is 16.9. The van der Waals surface area contributed by atoms with Crippen molar-refractivity contribution in [3.05, 3.63) is 53.7 Å². The van der Waals surface area contributed by atoms with Gasteiger partial charge in [0, 0.05) is 11.9 Å². The van der Waals surface area contributed by atoms with Crippen LogP contribution < -0.4 is 5.32 Å². The molecule has 0 radical (unpaired) electrons. The second kappa shape index (κ2) is 7.15. The average Bonchev–Trinajstić information content (AvgIpc) is 2.52. The Morgan fingerprint density at radius 1 is 1.30 bits per heavy atom. The molecule has 0 aliphatic rings. The quantitative estimate of drug-likeness (QED) is 0.864. The maximum atomic E-state index is 12.4. The number of amides is 1. The van der Waals surface area contributed by atoms with Crippen LogP contribution in [0.1, 0.15) is 11.1 Å². The molecule has 0 saturated heterocycles. The second-order valence-corrected chi connectivity index (χ2v) is 5.41. The van der Waals surface area contributed by atoms with Gasteiger partial charge >= 0.3 is 6.18 Å². The molecule has 23 heavy (non-hydrogen) atoms. The lowest BCUT2D eigenvalue weighted by Gasteiger charge is -2.07. The number of thioether (sulfide) groups is 1. The van der Waals surface area contributed by atoms with E-state index in [1.165, 1.54) is 12.1 Å². The van der Waals surface area contributed by atoms with Crippen molar-refractivity contribution in [1.82, 2.24) is 4.98 Å². The van der Waals surface area contributed by atoms with Crippen molar-refractivity contribution in [3.8, 4) is 6.07 Å². The van der Waals surface area contributed by atoms with Gasteiger partial charge in [0.05, 0.1) is 28.0 Å². The van der Waals surface area contributed by atoms with Gasteiger partial charge in [0.2, 0.25) is 5.91 Å².